The monoisotopic (exact) mass is 207 g/mol. The summed E-state index contributed by atoms with van der Waals surface area (Å²) < 4.78 is 0. The van der Waals surface area contributed by atoms with Crippen LogP contribution in [0.3, 0.4) is 0 Å². The van der Waals surface area contributed by atoms with Gasteiger partial charge in [0.25, 0.3) is 0 Å². The Morgan fingerprint density at radius 3 is 2.87 bits per heavy atom. The van der Waals surface area contributed by atoms with Gasteiger partial charge in [0, 0.05) is 12.2 Å². The van der Waals surface area contributed by atoms with Gasteiger partial charge in [0.05, 0.1) is 0 Å². The van der Waals surface area contributed by atoms with Crippen molar-refractivity contribution in [2.24, 2.45) is 0 Å². The van der Waals surface area contributed by atoms with Crippen LogP contribution < -0.4 is 11.1 Å². The molecule has 0 aliphatic carbocycles. The molecule has 0 saturated heterocycles. The Morgan fingerprint density at radius 2 is 2.20 bits per heavy atom. The molecule has 15 heavy (non-hydrogen) atoms. The first kappa shape index (κ1) is 12.0. The third kappa shape index (κ3) is 4.30. The standard InChI is InChI=1S/C12H21N3/c1-9(2)14-6-4-5-11-7-10(3)8-15-12(11)13/h7-9,14H,4-6H2,1-3H3,(H2,13,15). The van der Waals surface area contributed by atoms with Gasteiger partial charge in [0.2, 0.25) is 0 Å². The lowest BCUT2D eigenvalue weighted by Crippen LogP contribution is -2.24. The highest BCUT2D eigenvalue weighted by atomic mass is 14.9. The number of nitrogens with one attached hydrogen (secondary N) is 1. The van der Waals surface area contributed by atoms with Gasteiger partial charge in [0.15, 0.2) is 0 Å². The summed E-state index contributed by atoms with van der Waals surface area (Å²) in [6.07, 6.45) is 3.92. The van der Waals surface area contributed by atoms with Gasteiger partial charge in [-0.3, -0.25) is 0 Å². The molecule has 3 nitrogen and oxygen atoms in total. The summed E-state index contributed by atoms with van der Waals surface area (Å²) in [5, 5.41) is 3.39. The highest BCUT2D eigenvalue weighted by Gasteiger charge is 2.01. The molecule has 0 saturated carbocycles. The number of aromatic nitrogens is 1. The molecule has 1 aromatic rings. The summed E-state index contributed by atoms with van der Waals surface area (Å²) >= 11 is 0. The largest absolute Gasteiger partial charge is 0.383 e. The zero-order valence-corrected chi connectivity index (χ0v) is 9.88. The summed E-state index contributed by atoms with van der Waals surface area (Å²) in [7, 11) is 0. The number of nitrogens with two attached hydrogens (primary N) is 1. The van der Waals surface area contributed by atoms with Crippen LogP contribution in [0.15, 0.2) is 12.3 Å². The minimum Gasteiger partial charge on any atom is -0.383 e. The summed E-state index contributed by atoms with van der Waals surface area (Å²) in [6.45, 7) is 7.39. The lowest BCUT2D eigenvalue weighted by molar-refractivity contribution is 0.570. The molecule has 0 aliphatic rings. The number of aryl methyl sites for hydroxylation is 2. The normalized spacial score (nSPS) is 10.9. The molecule has 3 heteroatoms. The summed E-state index contributed by atoms with van der Waals surface area (Å²) in [6, 6.07) is 2.68. The third-order valence-corrected chi connectivity index (χ3v) is 2.31. The average Bonchev–Trinajstić information content (AvgIpc) is 2.17. The molecule has 1 aromatic heterocycles. The van der Waals surface area contributed by atoms with Gasteiger partial charge in [-0.05, 0) is 37.4 Å². The maximum atomic E-state index is 5.80. The van der Waals surface area contributed by atoms with E-state index in [-0.39, 0.29) is 0 Å². The lowest BCUT2D eigenvalue weighted by Gasteiger charge is -2.09. The van der Waals surface area contributed by atoms with E-state index in [1.54, 1.807) is 0 Å². The predicted molar refractivity (Wildman–Crippen MR) is 64.8 cm³/mol. The molecule has 0 radical (unpaired) electrons. The van der Waals surface area contributed by atoms with Crippen LogP contribution in [0.5, 0.6) is 0 Å². The number of nitrogen functional groups attached to an aromatic ring is 1. The van der Waals surface area contributed by atoms with Crippen molar-refractivity contribution >= 4 is 5.82 Å². The topological polar surface area (TPSA) is 50.9 Å². The summed E-state index contributed by atoms with van der Waals surface area (Å²) in [5.41, 5.74) is 8.14. The number of rotatable bonds is 5. The van der Waals surface area contributed by atoms with Gasteiger partial charge in [-0.2, -0.15) is 0 Å². The first-order valence-corrected chi connectivity index (χ1v) is 5.54. The number of nitrogens with zero attached hydrogens (tertiary/aromatic N) is 1. The Balaban J connectivity index is 2.40. The molecule has 0 aromatic carbocycles. The zero-order valence-electron chi connectivity index (χ0n) is 9.88. The second-order valence-electron chi connectivity index (χ2n) is 4.27. The molecular weight excluding hydrogens is 186 g/mol. The third-order valence-electron chi connectivity index (χ3n) is 2.31. The predicted octanol–water partition coefficient (Wildman–Crippen LogP) is 1.90. The van der Waals surface area contributed by atoms with E-state index in [0.717, 1.165) is 19.4 Å². The Labute approximate surface area is 92.1 Å². The van der Waals surface area contributed by atoms with Gasteiger partial charge >= 0.3 is 0 Å². The second kappa shape index (κ2) is 5.71. The Morgan fingerprint density at radius 1 is 1.47 bits per heavy atom. The van der Waals surface area contributed by atoms with E-state index in [0.29, 0.717) is 11.9 Å². The number of hydrogen-bond donors (Lipinski definition) is 2. The molecule has 1 rings (SSSR count). The van der Waals surface area contributed by atoms with Crippen molar-refractivity contribution in [2.45, 2.75) is 39.7 Å². The maximum absolute atomic E-state index is 5.80. The minimum absolute atomic E-state index is 0.554. The molecule has 0 aliphatic heterocycles. The van der Waals surface area contributed by atoms with Gasteiger partial charge in [-0.25, -0.2) is 4.98 Å². The first-order valence-electron chi connectivity index (χ1n) is 5.54. The van der Waals surface area contributed by atoms with Crippen molar-refractivity contribution in [3.05, 3.63) is 23.4 Å². The Kier molecular flexibility index (Phi) is 4.56. The Bertz CT molecular complexity index is 308. The zero-order chi connectivity index (χ0) is 11.3. The van der Waals surface area contributed by atoms with Gasteiger partial charge in [-0.1, -0.05) is 19.9 Å². The van der Waals surface area contributed by atoms with Crippen molar-refractivity contribution in [1.29, 1.82) is 0 Å². The highest BCUT2D eigenvalue weighted by molar-refractivity contribution is 5.40. The van der Waals surface area contributed by atoms with Crippen LogP contribution in [-0.2, 0) is 6.42 Å². The number of hydrogen-bond acceptors (Lipinski definition) is 3. The molecule has 84 valence electrons. The van der Waals surface area contributed by atoms with Gasteiger partial charge < -0.3 is 11.1 Å². The maximum Gasteiger partial charge on any atom is 0.126 e. The van der Waals surface area contributed by atoms with Gasteiger partial charge in [-0.15, -0.1) is 0 Å². The van der Waals surface area contributed by atoms with Crippen LogP contribution in [0.1, 0.15) is 31.4 Å². The quantitative estimate of drug-likeness (QED) is 0.725. The fourth-order valence-corrected chi connectivity index (χ4v) is 1.51. The Hall–Kier alpha value is -1.09. The van der Waals surface area contributed by atoms with Crippen molar-refractivity contribution in [1.82, 2.24) is 10.3 Å². The number of pyridine rings is 1. The summed E-state index contributed by atoms with van der Waals surface area (Å²) in [4.78, 5) is 4.15. The minimum atomic E-state index is 0.554. The van der Waals surface area contributed by atoms with E-state index in [1.807, 2.05) is 13.1 Å². The van der Waals surface area contributed by atoms with Crippen LogP contribution in [0, 0.1) is 6.92 Å². The highest BCUT2D eigenvalue weighted by Crippen LogP contribution is 2.12. The number of anilines is 1. The van der Waals surface area contributed by atoms with E-state index < -0.39 is 0 Å². The van der Waals surface area contributed by atoms with E-state index in [1.165, 1.54) is 11.1 Å². The fraction of sp³-hybridized carbons (Fsp3) is 0.583. The van der Waals surface area contributed by atoms with Crippen molar-refractivity contribution in [3.8, 4) is 0 Å². The molecule has 0 fully saturated rings. The molecule has 0 bridgehead atoms. The van der Waals surface area contributed by atoms with Crippen LogP contribution in [-0.4, -0.2) is 17.6 Å². The van der Waals surface area contributed by atoms with Gasteiger partial charge in [0.1, 0.15) is 5.82 Å². The molecule has 0 atom stereocenters. The molecule has 1 heterocycles. The molecule has 3 N–H and O–H groups in total. The van der Waals surface area contributed by atoms with Crippen LogP contribution in [0.4, 0.5) is 5.82 Å². The summed E-state index contributed by atoms with van der Waals surface area (Å²) in [5.74, 6) is 0.671. The molecule has 0 spiro atoms. The SMILES string of the molecule is Cc1cnc(N)c(CCCNC(C)C)c1. The van der Waals surface area contributed by atoms with E-state index in [2.05, 4.69) is 30.2 Å². The smallest absolute Gasteiger partial charge is 0.126 e. The molecular formula is C12H21N3. The van der Waals surface area contributed by atoms with Crippen molar-refractivity contribution in [2.75, 3.05) is 12.3 Å². The van der Waals surface area contributed by atoms with E-state index in [4.69, 9.17) is 5.73 Å². The second-order valence-corrected chi connectivity index (χ2v) is 4.27. The van der Waals surface area contributed by atoms with E-state index >= 15 is 0 Å². The van der Waals surface area contributed by atoms with Crippen LogP contribution >= 0.6 is 0 Å². The molecule has 0 amide bonds. The van der Waals surface area contributed by atoms with Crippen LogP contribution in [0.2, 0.25) is 0 Å². The van der Waals surface area contributed by atoms with Crippen molar-refractivity contribution < 1.29 is 0 Å². The fourth-order valence-electron chi connectivity index (χ4n) is 1.51. The van der Waals surface area contributed by atoms with Crippen molar-refractivity contribution in [3.63, 3.8) is 0 Å². The van der Waals surface area contributed by atoms with Crippen LogP contribution in [0.25, 0.3) is 0 Å². The van der Waals surface area contributed by atoms with E-state index in [9.17, 15) is 0 Å². The molecule has 0 unspecified atom stereocenters. The first-order chi connectivity index (χ1) is 7.09. The average molecular weight is 207 g/mol. The lowest BCUT2D eigenvalue weighted by atomic mass is 10.1.